The average molecular weight is 190 g/mol. The lowest BCUT2D eigenvalue weighted by atomic mass is 10.2. The van der Waals surface area contributed by atoms with Gasteiger partial charge in [-0.15, -0.1) is 0 Å². The molecule has 2 heteroatoms. The van der Waals surface area contributed by atoms with E-state index >= 15 is 0 Å². The lowest BCUT2D eigenvalue weighted by molar-refractivity contribution is 0.331. The molecule has 1 saturated heterocycles. The Morgan fingerprint density at radius 3 is 2.36 bits per heavy atom. The highest BCUT2D eigenvalue weighted by molar-refractivity contribution is 5.43. The first-order chi connectivity index (χ1) is 6.88. The van der Waals surface area contributed by atoms with Gasteiger partial charge in [0.05, 0.1) is 0 Å². The van der Waals surface area contributed by atoms with Crippen molar-refractivity contribution in [1.82, 2.24) is 4.90 Å². The van der Waals surface area contributed by atoms with Crippen LogP contribution in [0.4, 0.5) is 5.69 Å². The van der Waals surface area contributed by atoms with Crippen LogP contribution in [0.2, 0.25) is 0 Å². The molecule has 0 aliphatic carbocycles. The topological polar surface area (TPSA) is 15.3 Å². The molecule has 1 aromatic carbocycles. The number of anilines is 1. The molecule has 0 radical (unpaired) electrons. The van der Waals surface area contributed by atoms with Crippen LogP contribution in [0, 0.1) is 0 Å². The van der Waals surface area contributed by atoms with E-state index in [2.05, 4.69) is 34.5 Å². The Kier molecular flexibility index (Phi) is 3.04. The van der Waals surface area contributed by atoms with Crippen LogP contribution < -0.4 is 5.32 Å². The maximum absolute atomic E-state index is 3.13. The largest absolute Gasteiger partial charge is 0.388 e. The molecule has 0 aromatic heterocycles. The number of likely N-dealkylation sites (tertiary alicyclic amines) is 1. The monoisotopic (exact) mass is 190 g/mol. The summed E-state index contributed by atoms with van der Waals surface area (Å²) < 4.78 is 0. The van der Waals surface area contributed by atoms with Gasteiger partial charge in [0.2, 0.25) is 0 Å². The first-order valence-corrected chi connectivity index (χ1v) is 5.37. The molecule has 1 aliphatic heterocycles. The second-order valence-corrected chi connectivity index (χ2v) is 3.93. The van der Waals surface area contributed by atoms with Gasteiger partial charge in [0, 0.05) is 19.3 Å². The van der Waals surface area contributed by atoms with Gasteiger partial charge in [-0.2, -0.15) is 0 Å². The van der Waals surface area contributed by atoms with Gasteiger partial charge in [-0.3, -0.25) is 4.90 Å². The van der Waals surface area contributed by atoms with Gasteiger partial charge < -0.3 is 5.32 Å². The van der Waals surface area contributed by atoms with Crippen LogP contribution in [0.15, 0.2) is 24.3 Å². The lowest BCUT2D eigenvalue weighted by Crippen LogP contribution is -2.18. The number of rotatable bonds is 3. The Morgan fingerprint density at radius 2 is 1.79 bits per heavy atom. The minimum Gasteiger partial charge on any atom is -0.388 e. The number of nitrogens with zero attached hydrogens (tertiary/aromatic N) is 1. The van der Waals surface area contributed by atoms with Crippen LogP contribution in [0.5, 0.6) is 0 Å². The van der Waals surface area contributed by atoms with Gasteiger partial charge in [0.1, 0.15) is 0 Å². The van der Waals surface area contributed by atoms with Crippen LogP contribution in [-0.2, 0) is 6.54 Å². The summed E-state index contributed by atoms with van der Waals surface area (Å²) in [6.45, 7) is 3.66. The van der Waals surface area contributed by atoms with Crippen molar-refractivity contribution >= 4 is 5.69 Å². The van der Waals surface area contributed by atoms with Crippen molar-refractivity contribution in [2.75, 3.05) is 25.5 Å². The van der Waals surface area contributed by atoms with E-state index in [1.54, 1.807) is 0 Å². The second kappa shape index (κ2) is 4.47. The van der Waals surface area contributed by atoms with Crippen LogP contribution >= 0.6 is 0 Å². The molecule has 0 unspecified atom stereocenters. The summed E-state index contributed by atoms with van der Waals surface area (Å²) in [6, 6.07) is 8.71. The van der Waals surface area contributed by atoms with Gasteiger partial charge in [-0.25, -0.2) is 0 Å². The van der Waals surface area contributed by atoms with E-state index < -0.39 is 0 Å². The third-order valence-corrected chi connectivity index (χ3v) is 2.85. The summed E-state index contributed by atoms with van der Waals surface area (Å²) in [5, 5.41) is 3.13. The minimum atomic E-state index is 1.12. The quantitative estimate of drug-likeness (QED) is 0.787. The normalized spacial score (nSPS) is 17.2. The fraction of sp³-hybridized carbons (Fsp3) is 0.500. The molecule has 1 fully saturated rings. The van der Waals surface area contributed by atoms with Crippen molar-refractivity contribution in [2.45, 2.75) is 19.4 Å². The SMILES string of the molecule is CNc1ccc(CN2CCCC2)cc1. The molecule has 0 saturated carbocycles. The van der Waals surface area contributed by atoms with E-state index in [9.17, 15) is 0 Å². The van der Waals surface area contributed by atoms with E-state index in [0.29, 0.717) is 0 Å². The van der Waals surface area contributed by atoms with Crippen LogP contribution in [0.25, 0.3) is 0 Å². The highest BCUT2D eigenvalue weighted by Gasteiger charge is 2.11. The van der Waals surface area contributed by atoms with Crippen LogP contribution in [0.3, 0.4) is 0 Å². The summed E-state index contributed by atoms with van der Waals surface area (Å²) >= 11 is 0. The van der Waals surface area contributed by atoms with Gasteiger partial charge in [0.25, 0.3) is 0 Å². The number of nitrogens with one attached hydrogen (secondary N) is 1. The third-order valence-electron chi connectivity index (χ3n) is 2.85. The Bertz CT molecular complexity index is 273. The predicted octanol–water partition coefficient (Wildman–Crippen LogP) is 2.32. The predicted molar refractivity (Wildman–Crippen MR) is 60.5 cm³/mol. The van der Waals surface area contributed by atoms with Crippen molar-refractivity contribution in [3.63, 3.8) is 0 Å². The Labute approximate surface area is 85.9 Å². The summed E-state index contributed by atoms with van der Waals surface area (Å²) in [6.07, 6.45) is 2.74. The Balaban J connectivity index is 1.95. The maximum Gasteiger partial charge on any atom is 0.0337 e. The highest BCUT2D eigenvalue weighted by atomic mass is 15.1. The van der Waals surface area contributed by atoms with Crippen molar-refractivity contribution in [2.24, 2.45) is 0 Å². The number of hydrogen-bond donors (Lipinski definition) is 1. The first-order valence-electron chi connectivity index (χ1n) is 5.37. The first kappa shape index (κ1) is 9.53. The molecule has 0 spiro atoms. The molecule has 1 N–H and O–H groups in total. The fourth-order valence-corrected chi connectivity index (χ4v) is 1.98. The van der Waals surface area contributed by atoms with Crippen molar-refractivity contribution in [3.8, 4) is 0 Å². The van der Waals surface area contributed by atoms with E-state index in [-0.39, 0.29) is 0 Å². The van der Waals surface area contributed by atoms with Crippen molar-refractivity contribution in [3.05, 3.63) is 29.8 Å². The van der Waals surface area contributed by atoms with E-state index in [1.807, 2.05) is 7.05 Å². The van der Waals surface area contributed by atoms with Gasteiger partial charge in [-0.05, 0) is 43.6 Å². The number of hydrogen-bond acceptors (Lipinski definition) is 2. The molecule has 2 nitrogen and oxygen atoms in total. The third kappa shape index (κ3) is 2.26. The summed E-state index contributed by atoms with van der Waals surface area (Å²) in [7, 11) is 1.95. The summed E-state index contributed by atoms with van der Waals surface area (Å²) in [4.78, 5) is 2.52. The van der Waals surface area contributed by atoms with Crippen LogP contribution in [-0.4, -0.2) is 25.0 Å². The summed E-state index contributed by atoms with van der Waals surface area (Å²) in [5.41, 5.74) is 2.61. The molecule has 1 heterocycles. The van der Waals surface area contributed by atoms with E-state index in [1.165, 1.54) is 37.2 Å². The molecular weight excluding hydrogens is 172 g/mol. The van der Waals surface area contributed by atoms with Crippen molar-refractivity contribution < 1.29 is 0 Å². The molecule has 0 bridgehead atoms. The average Bonchev–Trinajstić information content (AvgIpc) is 2.72. The maximum atomic E-state index is 3.13. The van der Waals surface area contributed by atoms with Gasteiger partial charge in [0.15, 0.2) is 0 Å². The summed E-state index contributed by atoms with van der Waals surface area (Å²) in [5.74, 6) is 0. The molecule has 1 aromatic rings. The molecule has 1 aliphatic rings. The Morgan fingerprint density at radius 1 is 1.14 bits per heavy atom. The molecule has 2 rings (SSSR count). The zero-order valence-electron chi connectivity index (χ0n) is 8.79. The molecule has 76 valence electrons. The van der Waals surface area contributed by atoms with Crippen molar-refractivity contribution in [1.29, 1.82) is 0 Å². The minimum absolute atomic E-state index is 1.12. The molecule has 0 atom stereocenters. The Hall–Kier alpha value is -1.02. The number of benzene rings is 1. The highest BCUT2D eigenvalue weighted by Crippen LogP contribution is 2.14. The molecule has 0 amide bonds. The fourth-order valence-electron chi connectivity index (χ4n) is 1.98. The van der Waals surface area contributed by atoms with E-state index in [4.69, 9.17) is 0 Å². The smallest absolute Gasteiger partial charge is 0.0337 e. The lowest BCUT2D eigenvalue weighted by Gasteiger charge is -2.14. The van der Waals surface area contributed by atoms with Gasteiger partial charge in [-0.1, -0.05) is 12.1 Å². The zero-order valence-corrected chi connectivity index (χ0v) is 8.79. The second-order valence-electron chi connectivity index (χ2n) is 3.93. The molecular formula is C12H18N2. The van der Waals surface area contributed by atoms with Crippen LogP contribution in [0.1, 0.15) is 18.4 Å². The standard InChI is InChI=1S/C12H18N2/c1-13-12-6-4-11(5-7-12)10-14-8-2-3-9-14/h4-7,13H,2-3,8-10H2,1H3. The van der Waals surface area contributed by atoms with E-state index in [0.717, 1.165) is 6.54 Å². The zero-order chi connectivity index (χ0) is 9.80. The molecule has 14 heavy (non-hydrogen) atoms. The van der Waals surface area contributed by atoms with Gasteiger partial charge >= 0.3 is 0 Å².